The lowest BCUT2D eigenvalue weighted by Gasteiger charge is -2.12. The Morgan fingerprint density at radius 3 is 2.32 bits per heavy atom. The van der Waals surface area contributed by atoms with Crippen molar-refractivity contribution in [3.05, 3.63) is 35.2 Å². The van der Waals surface area contributed by atoms with Crippen LogP contribution in [0, 0.1) is 6.92 Å². The minimum Gasteiger partial charge on any atom is -0.465 e. The number of aryl methyl sites for hydroxylation is 1. The first kappa shape index (κ1) is 19.0. The van der Waals surface area contributed by atoms with Gasteiger partial charge >= 0.3 is 11.9 Å². The largest absolute Gasteiger partial charge is 0.465 e. The van der Waals surface area contributed by atoms with E-state index in [2.05, 4.69) is 30.2 Å². The van der Waals surface area contributed by atoms with Gasteiger partial charge in [0, 0.05) is 5.69 Å². The van der Waals surface area contributed by atoms with Crippen molar-refractivity contribution in [3.63, 3.8) is 0 Å². The number of carbonyl (C=O) groups excluding carboxylic acids is 4. The van der Waals surface area contributed by atoms with Crippen LogP contribution in [0.4, 0.5) is 11.6 Å². The van der Waals surface area contributed by atoms with Gasteiger partial charge in [-0.15, -0.1) is 0 Å². The van der Waals surface area contributed by atoms with E-state index in [9.17, 15) is 19.2 Å². The van der Waals surface area contributed by atoms with E-state index >= 15 is 0 Å². The number of rotatable bonds is 5. The molecule has 3 rings (SSSR count). The predicted molar refractivity (Wildman–Crippen MR) is 94.8 cm³/mol. The van der Waals surface area contributed by atoms with Crippen molar-refractivity contribution < 1.29 is 28.7 Å². The molecule has 1 atom stereocenters. The highest BCUT2D eigenvalue weighted by atomic mass is 16.5. The highest BCUT2D eigenvalue weighted by Gasteiger charge is 2.34. The van der Waals surface area contributed by atoms with Crippen LogP contribution >= 0.6 is 0 Å². The first-order chi connectivity index (χ1) is 13.3. The maximum Gasteiger partial charge on any atom is 0.337 e. The van der Waals surface area contributed by atoms with Crippen molar-refractivity contribution in [2.24, 2.45) is 0 Å². The first-order valence-electron chi connectivity index (χ1n) is 8.18. The Balaban J connectivity index is 1.80. The van der Waals surface area contributed by atoms with Crippen LogP contribution in [0.25, 0.3) is 0 Å². The number of carbonyl (C=O) groups is 4. The van der Waals surface area contributed by atoms with E-state index in [-0.39, 0.29) is 29.2 Å². The number of fused-ring (bicyclic) bond motifs is 1. The van der Waals surface area contributed by atoms with E-state index in [1.165, 1.54) is 37.1 Å². The summed E-state index contributed by atoms with van der Waals surface area (Å²) in [6, 6.07) is 3.16. The third kappa shape index (κ3) is 3.68. The first-order valence-corrected chi connectivity index (χ1v) is 8.18. The standard InChI is InChI=1S/C17H17N5O6/c1-8-18-17-20-14(24)12(22(17)21-8)7-13(23)19-11-5-9(15(25)27-2)4-10(6-11)16(26)28-3/h4-6,12H,7H2,1-3H3,(H,19,23)(H,18,20,21,24). The third-order valence-corrected chi connectivity index (χ3v) is 4.01. The number of ether oxygens (including phenoxy) is 2. The average Bonchev–Trinajstić information content (AvgIpc) is 3.16. The topological polar surface area (TPSA) is 142 Å². The van der Waals surface area contributed by atoms with Gasteiger partial charge in [-0.25, -0.2) is 14.3 Å². The Morgan fingerprint density at radius 2 is 1.75 bits per heavy atom. The zero-order valence-corrected chi connectivity index (χ0v) is 15.3. The quantitative estimate of drug-likeness (QED) is 0.714. The Kier molecular flexibility index (Phi) is 5.07. The SMILES string of the molecule is COC(=O)c1cc(NC(=O)CC2C(=O)Nc3nc(C)nn32)cc(C(=O)OC)c1. The molecular formula is C17H17N5O6. The molecule has 1 aromatic carbocycles. The number of aromatic nitrogens is 3. The second-order valence-electron chi connectivity index (χ2n) is 5.97. The summed E-state index contributed by atoms with van der Waals surface area (Å²) in [4.78, 5) is 52.2. The van der Waals surface area contributed by atoms with Crippen molar-refractivity contribution in [3.8, 4) is 0 Å². The van der Waals surface area contributed by atoms with Gasteiger partial charge in [0.25, 0.3) is 5.91 Å². The van der Waals surface area contributed by atoms with Gasteiger partial charge in [0.1, 0.15) is 11.9 Å². The molecular weight excluding hydrogens is 370 g/mol. The zero-order chi connectivity index (χ0) is 20.4. The minimum absolute atomic E-state index is 0.0634. The lowest BCUT2D eigenvalue weighted by molar-refractivity contribution is -0.123. The second-order valence-corrected chi connectivity index (χ2v) is 5.97. The van der Waals surface area contributed by atoms with Crippen molar-refractivity contribution in [2.75, 3.05) is 24.9 Å². The predicted octanol–water partition coefficient (Wildman–Crippen LogP) is 0.682. The van der Waals surface area contributed by atoms with Gasteiger partial charge in [-0.1, -0.05) is 0 Å². The van der Waals surface area contributed by atoms with E-state index in [1.54, 1.807) is 6.92 Å². The number of anilines is 2. The number of nitrogens with zero attached hydrogens (tertiary/aromatic N) is 3. The lowest BCUT2D eigenvalue weighted by atomic mass is 10.1. The average molecular weight is 387 g/mol. The number of hydrogen-bond acceptors (Lipinski definition) is 8. The van der Waals surface area contributed by atoms with Crippen LogP contribution in [0.3, 0.4) is 0 Å². The Morgan fingerprint density at radius 1 is 1.14 bits per heavy atom. The molecule has 2 amide bonds. The van der Waals surface area contributed by atoms with Gasteiger partial charge in [-0.2, -0.15) is 10.1 Å². The fourth-order valence-corrected chi connectivity index (χ4v) is 2.78. The Hall–Kier alpha value is -3.76. The normalized spacial score (nSPS) is 14.8. The summed E-state index contributed by atoms with van der Waals surface area (Å²) in [5, 5.41) is 9.22. The molecule has 2 aromatic rings. The molecule has 11 nitrogen and oxygen atoms in total. The Bertz CT molecular complexity index is 948. The number of benzene rings is 1. The summed E-state index contributed by atoms with van der Waals surface area (Å²) >= 11 is 0. The third-order valence-electron chi connectivity index (χ3n) is 4.01. The van der Waals surface area contributed by atoms with Gasteiger partial charge in [0.2, 0.25) is 11.9 Å². The van der Waals surface area contributed by atoms with E-state index < -0.39 is 29.8 Å². The van der Waals surface area contributed by atoms with E-state index in [1.807, 2.05) is 0 Å². The smallest absolute Gasteiger partial charge is 0.337 e. The van der Waals surface area contributed by atoms with E-state index in [0.29, 0.717) is 5.82 Å². The molecule has 0 radical (unpaired) electrons. The van der Waals surface area contributed by atoms with Crippen LogP contribution in [-0.4, -0.2) is 52.7 Å². The molecule has 28 heavy (non-hydrogen) atoms. The van der Waals surface area contributed by atoms with E-state index in [0.717, 1.165) is 0 Å². The molecule has 0 aliphatic carbocycles. The maximum absolute atomic E-state index is 12.4. The van der Waals surface area contributed by atoms with Crippen molar-refractivity contribution in [1.29, 1.82) is 0 Å². The Labute approximate surface area is 159 Å². The van der Waals surface area contributed by atoms with Crippen molar-refractivity contribution in [1.82, 2.24) is 14.8 Å². The maximum atomic E-state index is 12.4. The van der Waals surface area contributed by atoms with Crippen LogP contribution in [0.15, 0.2) is 18.2 Å². The molecule has 2 N–H and O–H groups in total. The van der Waals surface area contributed by atoms with Crippen molar-refractivity contribution in [2.45, 2.75) is 19.4 Å². The molecule has 11 heteroatoms. The van der Waals surface area contributed by atoms with Gasteiger partial charge in [-0.3, -0.25) is 14.9 Å². The molecule has 1 unspecified atom stereocenters. The summed E-state index contributed by atoms with van der Waals surface area (Å²) in [6.45, 7) is 1.67. The van der Waals surface area contributed by atoms with Gasteiger partial charge < -0.3 is 14.8 Å². The molecule has 0 bridgehead atoms. The van der Waals surface area contributed by atoms with Crippen LogP contribution in [0.5, 0.6) is 0 Å². The number of esters is 2. The van der Waals surface area contributed by atoms with Crippen molar-refractivity contribution >= 4 is 35.4 Å². The molecule has 146 valence electrons. The molecule has 0 saturated carbocycles. The van der Waals surface area contributed by atoms with Crippen LogP contribution in [0.1, 0.15) is 39.0 Å². The number of hydrogen-bond donors (Lipinski definition) is 2. The van der Waals surface area contributed by atoms with Crippen LogP contribution in [-0.2, 0) is 19.1 Å². The van der Waals surface area contributed by atoms with E-state index in [4.69, 9.17) is 0 Å². The fourth-order valence-electron chi connectivity index (χ4n) is 2.78. The van der Waals surface area contributed by atoms with Gasteiger partial charge in [0.15, 0.2) is 0 Å². The summed E-state index contributed by atoms with van der Waals surface area (Å²) in [7, 11) is 2.39. The molecule has 0 saturated heterocycles. The lowest BCUT2D eigenvalue weighted by Crippen LogP contribution is -2.24. The molecule has 1 aromatic heterocycles. The number of amides is 2. The highest BCUT2D eigenvalue weighted by Crippen LogP contribution is 2.25. The monoisotopic (exact) mass is 387 g/mol. The molecule has 0 spiro atoms. The molecule has 1 aliphatic heterocycles. The highest BCUT2D eigenvalue weighted by molar-refractivity contribution is 6.02. The van der Waals surface area contributed by atoms with Gasteiger partial charge in [0.05, 0.1) is 31.8 Å². The number of methoxy groups -OCH3 is 2. The minimum atomic E-state index is -0.847. The summed E-state index contributed by atoms with van der Waals surface area (Å²) in [6.07, 6.45) is -0.211. The summed E-state index contributed by atoms with van der Waals surface area (Å²) in [5.41, 5.74) is 0.309. The molecule has 0 fully saturated rings. The van der Waals surface area contributed by atoms with Gasteiger partial charge in [-0.05, 0) is 25.1 Å². The van der Waals surface area contributed by atoms with Crippen LogP contribution < -0.4 is 10.6 Å². The molecule has 2 heterocycles. The number of nitrogens with one attached hydrogen (secondary N) is 2. The summed E-state index contributed by atoms with van der Waals surface area (Å²) < 4.78 is 10.7. The van der Waals surface area contributed by atoms with Crippen LogP contribution in [0.2, 0.25) is 0 Å². The fraction of sp³-hybridized carbons (Fsp3) is 0.294. The second kappa shape index (κ2) is 7.47. The molecule has 1 aliphatic rings. The summed E-state index contributed by atoms with van der Waals surface area (Å²) in [5.74, 6) is -1.53. The zero-order valence-electron chi connectivity index (χ0n) is 15.3.